The lowest BCUT2D eigenvalue weighted by molar-refractivity contribution is 0.0304. The van der Waals surface area contributed by atoms with E-state index < -0.39 is 0 Å². The van der Waals surface area contributed by atoms with Crippen LogP contribution in [0.2, 0.25) is 0 Å². The van der Waals surface area contributed by atoms with Crippen LogP contribution >= 0.6 is 0 Å². The van der Waals surface area contributed by atoms with Crippen LogP contribution in [-0.2, 0) is 4.74 Å². The van der Waals surface area contributed by atoms with E-state index in [0.717, 1.165) is 50.1 Å². The van der Waals surface area contributed by atoms with E-state index in [1.165, 1.54) is 12.8 Å². The molecule has 2 aromatic heterocycles. The van der Waals surface area contributed by atoms with Gasteiger partial charge in [-0.15, -0.1) is 0 Å². The fourth-order valence-electron chi connectivity index (χ4n) is 2.82. The summed E-state index contributed by atoms with van der Waals surface area (Å²) >= 11 is 0. The molecule has 2 aromatic rings. The van der Waals surface area contributed by atoms with Crippen LogP contribution in [0.4, 0.5) is 5.82 Å². The molecule has 1 saturated heterocycles. The first-order chi connectivity index (χ1) is 10.9. The highest BCUT2D eigenvalue weighted by Gasteiger charge is 2.25. The Morgan fingerprint density at radius 2 is 1.91 bits per heavy atom. The molecular formula is C16H21N5O. The Morgan fingerprint density at radius 3 is 2.64 bits per heavy atom. The third-order valence-corrected chi connectivity index (χ3v) is 4.38. The van der Waals surface area contributed by atoms with E-state index in [1.807, 2.05) is 18.5 Å². The second-order valence-electron chi connectivity index (χ2n) is 6.15. The first kappa shape index (κ1) is 13.7. The van der Waals surface area contributed by atoms with Gasteiger partial charge in [0.05, 0.1) is 18.5 Å². The average Bonchev–Trinajstić information content (AvgIpc) is 3.24. The van der Waals surface area contributed by atoms with Gasteiger partial charge in [-0.25, -0.2) is 9.67 Å². The van der Waals surface area contributed by atoms with Crippen LogP contribution in [0, 0.1) is 5.92 Å². The minimum atomic E-state index is 0.416. The normalized spacial score (nSPS) is 19.5. The van der Waals surface area contributed by atoms with Crippen LogP contribution in [0.1, 0.15) is 25.7 Å². The van der Waals surface area contributed by atoms with E-state index in [4.69, 9.17) is 4.74 Å². The monoisotopic (exact) mass is 299 g/mol. The molecule has 3 heterocycles. The molecule has 0 amide bonds. The molecule has 22 heavy (non-hydrogen) atoms. The smallest absolute Gasteiger partial charge is 0.173 e. The first-order valence-electron chi connectivity index (χ1n) is 8.07. The van der Waals surface area contributed by atoms with Gasteiger partial charge in [0, 0.05) is 32.1 Å². The van der Waals surface area contributed by atoms with Crippen molar-refractivity contribution in [2.24, 2.45) is 5.92 Å². The summed E-state index contributed by atoms with van der Waals surface area (Å²) in [4.78, 5) is 11.3. The maximum absolute atomic E-state index is 6.00. The maximum atomic E-state index is 6.00. The molecule has 4 rings (SSSR count). The highest BCUT2D eigenvalue weighted by atomic mass is 16.5. The summed E-state index contributed by atoms with van der Waals surface area (Å²) in [5.41, 5.74) is 0. The van der Waals surface area contributed by atoms with Gasteiger partial charge in [-0.2, -0.15) is 5.10 Å². The Bertz CT molecular complexity index is 603. The third kappa shape index (κ3) is 3.11. The Balaban J connectivity index is 1.37. The number of hydrogen-bond donors (Lipinski definition) is 0. The standard InChI is InChI=1S/C16H21N5O/c1-6-18-21(7-1)16-11-17-10-15(19-16)20-8-4-14(5-9-20)22-12-13-2-3-13/h1,6-7,10-11,13-14H,2-5,8-9,12H2. The van der Waals surface area contributed by atoms with Gasteiger partial charge in [0.2, 0.25) is 0 Å². The minimum Gasteiger partial charge on any atom is -0.378 e. The van der Waals surface area contributed by atoms with E-state index in [9.17, 15) is 0 Å². The molecule has 6 nitrogen and oxygen atoms in total. The van der Waals surface area contributed by atoms with Gasteiger partial charge in [-0.1, -0.05) is 0 Å². The van der Waals surface area contributed by atoms with Crippen molar-refractivity contribution in [3.05, 3.63) is 30.9 Å². The molecule has 0 aromatic carbocycles. The number of rotatable bonds is 5. The quantitative estimate of drug-likeness (QED) is 0.846. The number of nitrogens with zero attached hydrogens (tertiary/aromatic N) is 5. The Hall–Kier alpha value is -1.95. The van der Waals surface area contributed by atoms with E-state index in [2.05, 4.69) is 20.0 Å². The van der Waals surface area contributed by atoms with Gasteiger partial charge in [0.15, 0.2) is 5.82 Å². The lowest BCUT2D eigenvalue weighted by Gasteiger charge is -2.32. The molecule has 1 saturated carbocycles. The van der Waals surface area contributed by atoms with Crippen molar-refractivity contribution >= 4 is 5.82 Å². The summed E-state index contributed by atoms with van der Waals surface area (Å²) in [6, 6.07) is 1.89. The minimum absolute atomic E-state index is 0.416. The van der Waals surface area contributed by atoms with Crippen molar-refractivity contribution in [3.8, 4) is 5.82 Å². The second-order valence-corrected chi connectivity index (χ2v) is 6.15. The van der Waals surface area contributed by atoms with E-state index >= 15 is 0 Å². The summed E-state index contributed by atoms with van der Waals surface area (Å²) in [5, 5.41) is 4.21. The summed E-state index contributed by atoms with van der Waals surface area (Å²) in [7, 11) is 0. The zero-order chi connectivity index (χ0) is 14.8. The summed E-state index contributed by atoms with van der Waals surface area (Å²) < 4.78 is 7.73. The van der Waals surface area contributed by atoms with Gasteiger partial charge >= 0.3 is 0 Å². The van der Waals surface area contributed by atoms with Crippen molar-refractivity contribution in [2.45, 2.75) is 31.8 Å². The average molecular weight is 299 g/mol. The number of ether oxygens (including phenoxy) is 1. The predicted molar refractivity (Wildman–Crippen MR) is 83.1 cm³/mol. The van der Waals surface area contributed by atoms with Crippen LogP contribution in [0.15, 0.2) is 30.9 Å². The molecule has 0 unspecified atom stereocenters. The van der Waals surface area contributed by atoms with Crippen molar-refractivity contribution < 1.29 is 4.74 Å². The number of aromatic nitrogens is 4. The molecule has 0 atom stereocenters. The van der Waals surface area contributed by atoms with Crippen molar-refractivity contribution in [2.75, 3.05) is 24.6 Å². The lowest BCUT2D eigenvalue weighted by Crippen LogP contribution is -2.37. The molecule has 6 heteroatoms. The van der Waals surface area contributed by atoms with Crippen LogP contribution < -0.4 is 4.90 Å². The summed E-state index contributed by atoms with van der Waals surface area (Å²) in [6.45, 7) is 2.92. The highest BCUT2D eigenvalue weighted by Crippen LogP contribution is 2.30. The topological polar surface area (TPSA) is 56.1 Å². The second kappa shape index (κ2) is 6.04. The maximum Gasteiger partial charge on any atom is 0.173 e. The number of piperidine rings is 1. The molecule has 2 fully saturated rings. The molecular weight excluding hydrogens is 278 g/mol. The molecule has 116 valence electrons. The van der Waals surface area contributed by atoms with E-state index in [-0.39, 0.29) is 0 Å². The van der Waals surface area contributed by atoms with Crippen molar-refractivity contribution in [1.82, 2.24) is 19.7 Å². The summed E-state index contributed by atoms with van der Waals surface area (Å²) in [6.07, 6.45) is 12.5. The van der Waals surface area contributed by atoms with Gasteiger partial charge < -0.3 is 9.64 Å². The predicted octanol–water partition coefficient (Wildman–Crippen LogP) is 2.06. The summed E-state index contributed by atoms with van der Waals surface area (Å²) in [5.74, 6) is 2.53. The lowest BCUT2D eigenvalue weighted by atomic mass is 10.1. The number of anilines is 1. The fraction of sp³-hybridized carbons (Fsp3) is 0.562. The zero-order valence-corrected chi connectivity index (χ0v) is 12.6. The first-order valence-corrected chi connectivity index (χ1v) is 8.07. The van der Waals surface area contributed by atoms with Gasteiger partial charge in [-0.05, 0) is 37.7 Å². The molecule has 0 N–H and O–H groups in total. The van der Waals surface area contributed by atoms with Crippen LogP contribution in [-0.4, -0.2) is 45.5 Å². The Labute approximate surface area is 130 Å². The molecule has 1 aliphatic heterocycles. The van der Waals surface area contributed by atoms with Crippen LogP contribution in [0.3, 0.4) is 0 Å². The van der Waals surface area contributed by atoms with Crippen molar-refractivity contribution in [1.29, 1.82) is 0 Å². The van der Waals surface area contributed by atoms with Crippen LogP contribution in [0.25, 0.3) is 5.82 Å². The molecule has 2 aliphatic rings. The Morgan fingerprint density at radius 1 is 1.09 bits per heavy atom. The van der Waals surface area contributed by atoms with E-state index in [1.54, 1.807) is 17.1 Å². The molecule has 1 aliphatic carbocycles. The SMILES string of the molecule is c1cnn(-c2cncc(N3CCC(OCC4CC4)CC3)n2)c1. The molecule has 0 bridgehead atoms. The molecule has 0 radical (unpaired) electrons. The van der Waals surface area contributed by atoms with Crippen LogP contribution in [0.5, 0.6) is 0 Å². The van der Waals surface area contributed by atoms with Gasteiger partial charge in [-0.3, -0.25) is 4.98 Å². The largest absolute Gasteiger partial charge is 0.378 e. The van der Waals surface area contributed by atoms with Gasteiger partial charge in [0.25, 0.3) is 0 Å². The van der Waals surface area contributed by atoms with E-state index in [0.29, 0.717) is 6.10 Å². The molecule has 0 spiro atoms. The van der Waals surface area contributed by atoms with Gasteiger partial charge in [0.1, 0.15) is 5.82 Å². The highest BCUT2D eigenvalue weighted by molar-refractivity contribution is 5.39. The fourth-order valence-corrected chi connectivity index (χ4v) is 2.82. The number of hydrogen-bond acceptors (Lipinski definition) is 5. The third-order valence-electron chi connectivity index (χ3n) is 4.38. The Kier molecular flexibility index (Phi) is 3.76. The zero-order valence-electron chi connectivity index (χ0n) is 12.6. The van der Waals surface area contributed by atoms with Crippen molar-refractivity contribution in [3.63, 3.8) is 0 Å².